The molecule has 3 aliphatic rings. The number of carbonyl (C=O) groups excluding carboxylic acids is 1. The summed E-state index contributed by atoms with van der Waals surface area (Å²) in [5, 5.41) is 7.34. The molecule has 1 amide bonds. The van der Waals surface area contributed by atoms with Crippen molar-refractivity contribution in [3.05, 3.63) is 47.3 Å². The van der Waals surface area contributed by atoms with Gasteiger partial charge in [-0.1, -0.05) is 12.1 Å². The Morgan fingerprint density at radius 1 is 1.18 bits per heavy atom. The van der Waals surface area contributed by atoms with Gasteiger partial charge in [0.15, 0.2) is 0 Å². The van der Waals surface area contributed by atoms with Crippen molar-refractivity contribution in [2.24, 2.45) is 11.8 Å². The highest BCUT2D eigenvalue weighted by Gasteiger charge is 2.47. The van der Waals surface area contributed by atoms with Crippen LogP contribution in [0.25, 0.3) is 0 Å². The van der Waals surface area contributed by atoms with Crippen molar-refractivity contribution in [1.29, 1.82) is 0 Å². The molecule has 0 unspecified atom stereocenters. The van der Waals surface area contributed by atoms with Gasteiger partial charge >= 0.3 is 0 Å². The van der Waals surface area contributed by atoms with Crippen molar-refractivity contribution in [3.63, 3.8) is 0 Å². The number of hydrogen-bond acceptors (Lipinski definition) is 4. The van der Waals surface area contributed by atoms with E-state index in [1.165, 1.54) is 18.4 Å². The number of carbonyl (C=O) groups is 1. The molecule has 1 N–H and O–H groups in total. The van der Waals surface area contributed by atoms with E-state index in [9.17, 15) is 4.79 Å². The highest BCUT2D eigenvalue weighted by Crippen LogP contribution is 2.44. The zero-order valence-corrected chi connectivity index (χ0v) is 17.1. The molecule has 28 heavy (non-hydrogen) atoms. The average molecular weight is 403 g/mol. The van der Waals surface area contributed by atoms with Gasteiger partial charge in [0.1, 0.15) is 11.4 Å². The summed E-state index contributed by atoms with van der Waals surface area (Å²) in [4.78, 5) is 17.4. The number of amides is 1. The Hall–Kier alpha value is -2.05. The molecule has 2 aromatic rings. The van der Waals surface area contributed by atoms with Crippen molar-refractivity contribution < 1.29 is 9.53 Å². The molecule has 6 nitrogen and oxygen atoms in total. The quantitative estimate of drug-likeness (QED) is 0.853. The molecule has 2 saturated heterocycles. The van der Waals surface area contributed by atoms with Gasteiger partial charge in [-0.25, -0.2) is 0 Å². The summed E-state index contributed by atoms with van der Waals surface area (Å²) >= 11 is 0. The van der Waals surface area contributed by atoms with Crippen LogP contribution in [-0.4, -0.2) is 59.7 Å². The minimum Gasteiger partial charge on any atom is -0.497 e. The van der Waals surface area contributed by atoms with Crippen LogP contribution in [0, 0.1) is 11.8 Å². The first-order chi connectivity index (χ1) is 13.1. The van der Waals surface area contributed by atoms with Crippen molar-refractivity contribution in [3.8, 4) is 5.75 Å². The molecular formula is C21H27ClN4O2. The standard InChI is InChI=1S/C21H26N4O2.ClH/c1-24-10-15-11-25(21(26)19-9-18(22-23-19)13-3-4-13)12-17(15)20(24)14-5-7-16(27-2)8-6-14;/h5-9,13,15,17,20H,3-4,10-12H2,1-2H3,(H,22,23);1H/t15-,17+,20+;/m0./s1. The highest BCUT2D eigenvalue weighted by atomic mass is 35.5. The number of aromatic amines is 1. The molecule has 2 aliphatic heterocycles. The van der Waals surface area contributed by atoms with Crippen LogP contribution in [0.3, 0.4) is 0 Å². The van der Waals surface area contributed by atoms with Crippen LogP contribution >= 0.6 is 12.4 Å². The number of H-pyrrole nitrogens is 1. The van der Waals surface area contributed by atoms with E-state index in [4.69, 9.17) is 4.74 Å². The second-order valence-corrected chi connectivity index (χ2v) is 8.27. The van der Waals surface area contributed by atoms with Crippen molar-refractivity contribution >= 4 is 18.3 Å². The third-order valence-corrected chi connectivity index (χ3v) is 6.47. The lowest BCUT2D eigenvalue weighted by molar-refractivity contribution is 0.0762. The number of ether oxygens (including phenoxy) is 1. The SMILES string of the molecule is COc1ccc([C@@H]2[C@@H]3CN(C(=O)c4cc(C5CC5)[nH]n4)C[C@@H]3CN2C)cc1.Cl. The summed E-state index contributed by atoms with van der Waals surface area (Å²) in [6.45, 7) is 2.65. The lowest BCUT2D eigenvalue weighted by Crippen LogP contribution is -2.33. The molecule has 1 aliphatic carbocycles. The summed E-state index contributed by atoms with van der Waals surface area (Å²) in [7, 11) is 3.88. The Morgan fingerprint density at radius 2 is 1.93 bits per heavy atom. The highest BCUT2D eigenvalue weighted by molar-refractivity contribution is 5.92. The van der Waals surface area contributed by atoms with Crippen LogP contribution in [0.2, 0.25) is 0 Å². The topological polar surface area (TPSA) is 61.5 Å². The van der Waals surface area contributed by atoms with Crippen LogP contribution in [0.1, 0.15) is 46.5 Å². The molecule has 3 atom stereocenters. The third-order valence-electron chi connectivity index (χ3n) is 6.47. The normalized spacial score (nSPS) is 26.8. The van der Waals surface area contributed by atoms with Crippen LogP contribution < -0.4 is 4.74 Å². The molecule has 5 rings (SSSR count). The number of likely N-dealkylation sites (tertiary alicyclic amines) is 2. The monoisotopic (exact) mass is 402 g/mol. The van der Waals surface area contributed by atoms with Crippen LogP contribution in [0.4, 0.5) is 0 Å². The Morgan fingerprint density at radius 3 is 2.61 bits per heavy atom. The van der Waals surface area contributed by atoms with Gasteiger partial charge in [0.05, 0.1) is 7.11 Å². The Kier molecular flexibility index (Phi) is 5.10. The van der Waals surface area contributed by atoms with E-state index < -0.39 is 0 Å². The third kappa shape index (κ3) is 3.29. The largest absolute Gasteiger partial charge is 0.497 e. The molecule has 3 heterocycles. The van der Waals surface area contributed by atoms with Gasteiger partial charge in [-0.2, -0.15) is 5.10 Å². The van der Waals surface area contributed by atoms with Crippen LogP contribution in [0.5, 0.6) is 5.75 Å². The Balaban J connectivity index is 0.00000192. The van der Waals surface area contributed by atoms with Crippen molar-refractivity contribution in [2.45, 2.75) is 24.8 Å². The average Bonchev–Trinajstić information content (AvgIpc) is 3.14. The smallest absolute Gasteiger partial charge is 0.274 e. The number of aromatic nitrogens is 2. The van der Waals surface area contributed by atoms with Crippen molar-refractivity contribution in [2.75, 3.05) is 33.8 Å². The lowest BCUT2D eigenvalue weighted by atomic mass is 9.89. The number of benzene rings is 1. The molecule has 7 heteroatoms. The molecule has 0 radical (unpaired) electrons. The number of halogens is 1. The molecule has 1 aromatic carbocycles. The first kappa shape index (κ1) is 19.3. The molecule has 150 valence electrons. The summed E-state index contributed by atoms with van der Waals surface area (Å²) in [6, 6.07) is 10.7. The summed E-state index contributed by atoms with van der Waals surface area (Å²) in [5.74, 6) is 2.53. The van der Waals surface area contributed by atoms with Gasteiger partial charge in [0.2, 0.25) is 0 Å². The lowest BCUT2D eigenvalue weighted by Gasteiger charge is -2.26. The van der Waals surface area contributed by atoms with E-state index in [0.29, 0.717) is 29.5 Å². The maximum absolute atomic E-state index is 13.0. The summed E-state index contributed by atoms with van der Waals surface area (Å²) in [5.41, 5.74) is 3.00. The Bertz CT molecular complexity index is 848. The van der Waals surface area contributed by atoms with E-state index in [0.717, 1.165) is 31.1 Å². The molecule has 0 bridgehead atoms. The van der Waals surface area contributed by atoms with Gasteiger partial charge in [-0.15, -0.1) is 12.4 Å². The van der Waals surface area contributed by atoms with Gasteiger partial charge in [-0.05, 0) is 49.6 Å². The number of hydrogen-bond donors (Lipinski definition) is 1. The molecular weight excluding hydrogens is 376 g/mol. The molecule has 1 saturated carbocycles. The molecule has 1 aromatic heterocycles. The maximum atomic E-state index is 13.0. The Labute approximate surface area is 171 Å². The van der Waals surface area contributed by atoms with E-state index in [1.807, 2.05) is 23.1 Å². The number of fused-ring (bicyclic) bond motifs is 1. The maximum Gasteiger partial charge on any atom is 0.274 e. The fourth-order valence-corrected chi connectivity index (χ4v) is 4.94. The fourth-order valence-electron chi connectivity index (χ4n) is 4.94. The van der Waals surface area contributed by atoms with Gasteiger partial charge < -0.3 is 9.64 Å². The van der Waals surface area contributed by atoms with Gasteiger partial charge in [-0.3, -0.25) is 14.8 Å². The number of methoxy groups -OCH3 is 1. The van der Waals surface area contributed by atoms with E-state index >= 15 is 0 Å². The van der Waals surface area contributed by atoms with Crippen LogP contribution in [0.15, 0.2) is 30.3 Å². The first-order valence-electron chi connectivity index (χ1n) is 9.83. The number of nitrogens with zero attached hydrogens (tertiary/aromatic N) is 3. The van der Waals surface area contributed by atoms with E-state index in [1.54, 1.807) is 7.11 Å². The first-order valence-corrected chi connectivity index (χ1v) is 9.83. The summed E-state index contributed by atoms with van der Waals surface area (Å²) < 4.78 is 5.29. The zero-order chi connectivity index (χ0) is 18.5. The number of nitrogens with one attached hydrogen (secondary N) is 1. The minimum atomic E-state index is 0. The molecule has 3 fully saturated rings. The second kappa shape index (κ2) is 7.41. The minimum absolute atomic E-state index is 0. The zero-order valence-electron chi connectivity index (χ0n) is 16.3. The molecule has 0 spiro atoms. The predicted octanol–water partition coefficient (Wildman–Crippen LogP) is 3.09. The van der Waals surface area contributed by atoms with E-state index in [-0.39, 0.29) is 18.3 Å². The van der Waals surface area contributed by atoms with Crippen LogP contribution in [-0.2, 0) is 0 Å². The number of rotatable bonds is 4. The predicted molar refractivity (Wildman–Crippen MR) is 109 cm³/mol. The summed E-state index contributed by atoms with van der Waals surface area (Å²) in [6.07, 6.45) is 2.42. The van der Waals surface area contributed by atoms with Gasteiger partial charge in [0.25, 0.3) is 5.91 Å². The fraction of sp³-hybridized carbons (Fsp3) is 0.524. The van der Waals surface area contributed by atoms with Gasteiger partial charge in [0, 0.05) is 43.2 Å². The van der Waals surface area contributed by atoms with E-state index in [2.05, 4.69) is 34.3 Å². The second-order valence-electron chi connectivity index (χ2n) is 8.27. The van der Waals surface area contributed by atoms with Crippen molar-refractivity contribution in [1.82, 2.24) is 20.0 Å².